The summed E-state index contributed by atoms with van der Waals surface area (Å²) in [6.45, 7) is 0. The fourth-order valence-electron chi connectivity index (χ4n) is 1.11. The minimum atomic E-state index is -1.28. The maximum absolute atomic E-state index is 13.2. The molecule has 0 saturated heterocycles. The van der Waals surface area contributed by atoms with Gasteiger partial charge in [0.1, 0.15) is 5.82 Å². The number of hydrogen-bond acceptors (Lipinski definition) is 3. The van der Waals surface area contributed by atoms with Crippen LogP contribution in [0.15, 0.2) is 18.2 Å². The molecule has 1 aromatic carbocycles. The van der Waals surface area contributed by atoms with Crippen LogP contribution < -0.4 is 0 Å². The molecule has 5 nitrogen and oxygen atoms in total. The highest BCUT2D eigenvalue weighted by atomic mass is 19.1. The molecule has 0 amide bonds. The highest BCUT2D eigenvalue weighted by Crippen LogP contribution is 2.22. The second kappa shape index (κ2) is 5.15. The van der Waals surface area contributed by atoms with Gasteiger partial charge in [0.05, 0.1) is 11.3 Å². The van der Waals surface area contributed by atoms with E-state index in [2.05, 4.69) is 0 Å². The monoisotopic (exact) mass is 243 g/mol. The van der Waals surface area contributed by atoms with Gasteiger partial charge in [0, 0.05) is 17.7 Å². The maximum atomic E-state index is 13.2. The van der Waals surface area contributed by atoms with Gasteiger partial charge in [-0.15, -0.1) is 0 Å². The van der Waals surface area contributed by atoms with Crippen LogP contribution in [0.25, 0.3) is 6.08 Å². The van der Waals surface area contributed by atoms with Crippen LogP contribution in [-0.2, 0) is 4.79 Å². The van der Waals surface area contributed by atoms with Gasteiger partial charge in [-0.2, -0.15) is 4.39 Å². The van der Waals surface area contributed by atoms with Gasteiger partial charge >= 0.3 is 11.7 Å². The average Bonchev–Trinajstić information content (AvgIpc) is 2.20. The first-order chi connectivity index (χ1) is 7.91. The zero-order valence-corrected chi connectivity index (χ0v) is 8.39. The maximum Gasteiger partial charge on any atom is 0.307 e. The normalized spacial score (nSPS) is 10.7. The molecular weight excluding hydrogens is 236 g/mol. The first kappa shape index (κ1) is 12.8. The molecule has 0 unspecified atom stereocenters. The fraction of sp³-hybridized carbons (Fsp3) is 0.100. The van der Waals surface area contributed by atoms with E-state index in [-0.39, 0.29) is 12.0 Å². The first-order valence-electron chi connectivity index (χ1n) is 4.43. The molecule has 0 bridgehead atoms. The van der Waals surface area contributed by atoms with Gasteiger partial charge < -0.3 is 5.11 Å². The van der Waals surface area contributed by atoms with E-state index >= 15 is 0 Å². The molecular formula is C10H7F2NO4. The molecule has 1 rings (SSSR count). The molecule has 1 aromatic rings. The molecule has 0 aliphatic heterocycles. The topological polar surface area (TPSA) is 80.4 Å². The van der Waals surface area contributed by atoms with Crippen molar-refractivity contribution in [2.24, 2.45) is 0 Å². The molecule has 0 atom stereocenters. The highest BCUT2D eigenvalue weighted by Gasteiger charge is 2.17. The molecule has 1 N–H and O–H groups in total. The lowest BCUT2D eigenvalue weighted by molar-refractivity contribution is -0.387. The van der Waals surface area contributed by atoms with Crippen molar-refractivity contribution in [1.29, 1.82) is 0 Å². The fourth-order valence-corrected chi connectivity index (χ4v) is 1.11. The van der Waals surface area contributed by atoms with Gasteiger partial charge in [0.15, 0.2) is 0 Å². The number of aliphatic carboxylic acids is 1. The number of hydrogen-bond donors (Lipinski definition) is 1. The summed E-state index contributed by atoms with van der Waals surface area (Å²) >= 11 is 0. The number of nitro groups is 1. The first-order valence-corrected chi connectivity index (χ1v) is 4.43. The molecule has 17 heavy (non-hydrogen) atoms. The predicted octanol–water partition coefficient (Wildman–Crippen LogP) is 2.36. The third kappa shape index (κ3) is 3.33. The van der Waals surface area contributed by atoms with E-state index in [0.29, 0.717) is 12.1 Å². The largest absolute Gasteiger partial charge is 0.481 e. The Morgan fingerprint density at radius 3 is 2.59 bits per heavy atom. The number of halogens is 2. The van der Waals surface area contributed by atoms with E-state index in [9.17, 15) is 23.7 Å². The highest BCUT2D eigenvalue weighted by molar-refractivity contribution is 5.70. The Morgan fingerprint density at radius 1 is 1.41 bits per heavy atom. The standard InChI is InChI=1S/C10H7F2NO4/c11-7-5-8(12)9(13(16)17)4-6(7)2-1-3-10(14)15/h1-2,4-5H,3H2,(H,14,15). The van der Waals surface area contributed by atoms with Crippen molar-refractivity contribution < 1.29 is 23.6 Å². The molecule has 90 valence electrons. The molecule has 0 fully saturated rings. The van der Waals surface area contributed by atoms with Gasteiger partial charge in [-0.3, -0.25) is 14.9 Å². The summed E-state index contributed by atoms with van der Waals surface area (Å²) < 4.78 is 26.1. The summed E-state index contributed by atoms with van der Waals surface area (Å²) in [5.74, 6) is -3.39. The van der Waals surface area contributed by atoms with Gasteiger partial charge in [0.2, 0.25) is 5.82 Å². The number of rotatable bonds is 4. The SMILES string of the molecule is O=C(O)CC=Cc1cc([N+](=O)[O-])c(F)cc1F. The lowest BCUT2D eigenvalue weighted by atomic mass is 10.1. The van der Waals surface area contributed by atoms with Crippen LogP contribution in [0, 0.1) is 21.7 Å². The zero-order chi connectivity index (χ0) is 13.0. The van der Waals surface area contributed by atoms with Crippen LogP contribution in [0.1, 0.15) is 12.0 Å². The van der Waals surface area contributed by atoms with E-state index in [0.717, 1.165) is 12.2 Å². The molecule has 0 aliphatic rings. The van der Waals surface area contributed by atoms with Crippen molar-refractivity contribution >= 4 is 17.7 Å². The molecule has 0 spiro atoms. The van der Waals surface area contributed by atoms with Crippen molar-refractivity contribution in [2.75, 3.05) is 0 Å². The summed E-state index contributed by atoms with van der Waals surface area (Å²) in [6, 6.07) is 1.10. The zero-order valence-electron chi connectivity index (χ0n) is 8.39. The van der Waals surface area contributed by atoms with E-state index < -0.39 is 28.2 Å². The van der Waals surface area contributed by atoms with E-state index in [4.69, 9.17) is 5.11 Å². The van der Waals surface area contributed by atoms with Crippen molar-refractivity contribution in [3.05, 3.63) is 45.5 Å². The predicted molar refractivity (Wildman–Crippen MR) is 54.3 cm³/mol. The van der Waals surface area contributed by atoms with Crippen LogP contribution in [0.5, 0.6) is 0 Å². The number of nitrogens with zero attached hydrogens (tertiary/aromatic N) is 1. The Bertz CT molecular complexity index is 499. The Morgan fingerprint density at radius 2 is 2.06 bits per heavy atom. The van der Waals surface area contributed by atoms with Crippen molar-refractivity contribution in [3.63, 3.8) is 0 Å². The van der Waals surface area contributed by atoms with E-state index in [1.54, 1.807) is 0 Å². The third-order valence-corrected chi connectivity index (χ3v) is 1.85. The van der Waals surface area contributed by atoms with Crippen molar-refractivity contribution in [1.82, 2.24) is 0 Å². The molecule has 0 aromatic heterocycles. The quantitative estimate of drug-likeness (QED) is 0.650. The smallest absolute Gasteiger partial charge is 0.307 e. The Hall–Kier alpha value is -2.31. The molecule has 7 heteroatoms. The third-order valence-electron chi connectivity index (χ3n) is 1.85. The molecule has 0 heterocycles. The van der Waals surface area contributed by atoms with Crippen LogP contribution in [-0.4, -0.2) is 16.0 Å². The van der Waals surface area contributed by atoms with Gasteiger partial charge in [-0.25, -0.2) is 4.39 Å². The van der Waals surface area contributed by atoms with Gasteiger partial charge in [0.25, 0.3) is 0 Å². The van der Waals surface area contributed by atoms with Crippen LogP contribution in [0.2, 0.25) is 0 Å². The van der Waals surface area contributed by atoms with E-state index in [1.807, 2.05) is 0 Å². The Kier molecular flexibility index (Phi) is 3.86. The second-order valence-corrected chi connectivity index (χ2v) is 3.08. The lowest BCUT2D eigenvalue weighted by Gasteiger charge is -1.98. The molecule has 0 radical (unpaired) electrons. The number of carboxylic acids is 1. The summed E-state index contributed by atoms with van der Waals surface area (Å²) in [6.07, 6.45) is 1.81. The van der Waals surface area contributed by atoms with Crippen LogP contribution in [0.4, 0.5) is 14.5 Å². The van der Waals surface area contributed by atoms with Crippen LogP contribution in [0.3, 0.4) is 0 Å². The Balaban J connectivity index is 3.07. The summed E-state index contributed by atoms with van der Waals surface area (Å²) in [7, 11) is 0. The number of carboxylic acid groups (broad SMARTS) is 1. The minimum absolute atomic E-state index is 0.237. The number of carbonyl (C=O) groups is 1. The minimum Gasteiger partial charge on any atom is -0.481 e. The van der Waals surface area contributed by atoms with E-state index in [1.165, 1.54) is 0 Å². The second-order valence-electron chi connectivity index (χ2n) is 3.08. The van der Waals surface area contributed by atoms with Gasteiger partial charge in [-0.05, 0) is 0 Å². The Labute approximate surface area is 94.1 Å². The number of benzene rings is 1. The number of nitro benzene ring substituents is 1. The molecule has 0 saturated carbocycles. The molecule has 0 aliphatic carbocycles. The van der Waals surface area contributed by atoms with Crippen LogP contribution >= 0.6 is 0 Å². The van der Waals surface area contributed by atoms with Crippen molar-refractivity contribution in [3.8, 4) is 0 Å². The summed E-state index contributed by atoms with van der Waals surface area (Å²) in [5, 5.41) is 18.7. The van der Waals surface area contributed by atoms with Crippen molar-refractivity contribution in [2.45, 2.75) is 6.42 Å². The summed E-state index contributed by atoms with van der Waals surface area (Å²) in [5.41, 5.74) is -1.10. The summed E-state index contributed by atoms with van der Waals surface area (Å²) in [4.78, 5) is 19.6. The van der Waals surface area contributed by atoms with Gasteiger partial charge in [-0.1, -0.05) is 12.2 Å². The average molecular weight is 243 g/mol. The lowest BCUT2D eigenvalue weighted by Crippen LogP contribution is -1.96.